The summed E-state index contributed by atoms with van der Waals surface area (Å²) in [5, 5.41) is 24.7. The minimum atomic E-state index is -0.533. The third-order valence-electron chi connectivity index (χ3n) is 5.68. The molecule has 1 fully saturated rings. The smallest absolute Gasteiger partial charge is 0.251 e. The minimum Gasteiger partial charge on any atom is -0.487 e. The fourth-order valence-electron chi connectivity index (χ4n) is 3.86. The Morgan fingerprint density at radius 1 is 1.22 bits per heavy atom. The van der Waals surface area contributed by atoms with Crippen molar-refractivity contribution in [3.63, 3.8) is 0 Å². The molecule has 11 nitrogen and oxygen atoms in total. The van der Waals surface area contributed by atoms with Crippen LogP contribution in [0.2, 0.25) is 0 Å². The highest BCUT2D eigenvalue weighted by Crippen LogP contribution is 2.27. The number of nitriles is 1. The third kappa shape index (κ3) is 6.36. The van der Waals surface area contributed by atoms with E-state index in [1.807, 2.05) is 13.8 Å². The number of nitrogens with zero attached hydrogens (tertiary/aromatic N) is 5. The highest BCUT2D eigenvalue weighted by atomic mass is 16.5. The third-order valence-corrected chi connectivity index (χ3v) is 5.68. The first-order chi connectivity index (χ1) is 17.9. The van der Waals surface area contributed by atoms with E-state index in [1.54, 1.807) is 47.4 Å². The van der Waals surface area contributed by atoms with Gasteiger partial charge in [0.05, 0.1) is 12.1 Å². The number of aliphatic hydroxyl groups excluding tert-OH is 1. The molecular formula is C26H27N7O4. The lowest BCUT2D eigenvalue weighted by Gasteiger charge is -2.17. The number of hydrogen-bond acceptors (Lipinski definition) is 9. The second-order valence-corrected chi connectivity index (χ2v) is 8.81. The average molecular weight is 502 g/mol. The topological polar surface area (TPSA) is 153 Å². The summed E-state index contributed by atoms with van der Waals surface area (Å²) in [5.74, 6) is 0.600. The Bertz CT molecular complexity index is 1320. The van der Waals surface area contributed by atoms with Gasteiger partial charge in [-0.2, -0.15) is 10.2 Å². The largest absolute Gasteiger partial charge is 0.487 e. The molecule has 2 heterocycles. The number of aliphatic hydroxyl groups is 1. The standard InChI is InChI=1S/C26H27N7O4/c1-16(2)30-25(36)17-3-6-20(7-4-17)31-26-29-15-28-24(32-26)18-5-8-22(19(11-18)12-27)37-21-9-10-33(13-21)23(35)14-34/h3-8,11,15-16,21,34H,9-10,13-14H2,1-2H3,(H,30,36)(H,28,29,31,32). The Kier molecular flexibility index (Phi) is 7.90. The number of amides is 2. The van der Waals surface area contributed by atoms with Crippen LogP contribution in [-0.4, -0.2) is 68.6 Å². The van der Waals surface area contributed by atoms with Gasteiger partial charge in [-0.3, -0.25) is 9.59 Å². The summed E-state index contributed by atoms with van der Waals surface area (Å²) in [6.45, 7) is 4.13. The Labute approximate surface area is 214 Å². The zero-order chi connectivity index (χ0) is 26.4. The molecule has 11 heteroatoms. The van der Waals surface area contributed by atoms with Crippen LogP contribution < -0.4 is 15.4 Å². The first kappa shape index (κ1) is 25.5. The lowest BCUT2D eigenvalue weighted by atomic mass is 10.1. The molecule has 3 aromatic rings. The van der Waals surface area contributed by atoms with E-state index in [1.165, 1.54) is 6.33 Å². The van der Waals surface area contributed by atoms with Crippen molar-refractivity contribution in [2.45, 2.75) is 32.4 Å². The van der Waals surface area contributed by atoms with Gasteiger partial charge in [0.1, 0.15) is 30.9 Å². The number of carbonyl (C=O) groups is 2. The van der Waals surface area contributed by atoms with Crippen LogP contribution in [0.3, 0.4) is 0 Å². The molecule has 0 saturated carbocycles. The Morgan fingerprint density at radius 3 is 2.70 bits per heavy atom. The van der Waals surface area contributed by atoms with E-state index in [2.05, 4.69) is 31.7 Å². The summed E-state index contributed by atoms with van der Waals surface area (Å²) in [6.07, 6.45) is 1.73. The van der Waals surface area contributed by atoms with E-state index < -0.39 is 6.61 Å². The fourth-order valence-corrected chi connectivity index (χ4v) is 3.86. The van der Waals surface area contributed by atoms with Gasteiger partial charge in [0, 0.05) is 35.8 Å². The summed E-state index contributed by atoms with van der Waals surface area (Å²) in [7, 11) is 0. The number of likely N-dealkylation sites (tertiary alicyclic amines) is 1. The number of hydrogen-bond donors (Lipinski definition) is 3. The molecule has 1 aliphatic heterocycles. The van der Waals surface area contributed by atoms with Crippen molar-refractivity contribution in [3.8, 4) is 23.2 Å². The van der Waals surface area contributed by atoms with Gasteiger partial charge in [0.15, 0.2) is 5.82 Å². The molecule has 1 unspecified atom stereocenters. The van der Waals surface area contributed by atoms with Crippen LogP contribution in [0.25, 0.3) is 11.4 Å². The molecule has 0 spiro atoms. The van der Waals surface area contributed by atoms with Gasteiger partial charge < -0.3 is 25.4 Å². The molecule has 1 aliphatic rings. The molecule has 2 amide bonds. The molecule has 0 aliphatic carbocycles. The van der Waals surface area contributed by atoms with Crippen LogP contribution in [0.1, 0.15) is 36.2 Å². The predicted octanol–water partition coefficient (Wildman–Crippen LogP) is 2.26. The van der Waals surface area contributed by atoms with Crippen molar-refractivity contribution >= 4 is 23.5 Å². The highest BCUT2D eigenvalue weighted by molar-refractivity contribution is 5.94. The molecule has 0 bridgehead atoms. The van der Waals surface area contributed by atoms with Crippen molar-refractivity contribution in [1.29, 1.82) is 5.26 Å². The number of rotatable bonds is 8. The summed E-state index contributed by atoms with van der Waals surface area (Å²) < 4.78 is 5.97. The van der Waals surface area contributed by atoms with E-state index in [9.17, 15) is 14.9 Å². The van der Waals surface area contributed by atoms with Gasteiger partial charge in [-0.25, -0.2) is 9.97 Å². The van der Waals surface area contributed by atoms with Gasteiger partial charge in [0.2, 0.25) is 11.9 Å². The van der Waals surface area contributed by atoms with Gasteiger partial charge in [0.25, 0.3) is 5.91 Å². The van der Waals surface area contributed by atoms with Gasteiger partial charge in [-0.1, -0.05) is 0 Å². The molecule has 0 radical (unpaired) electrons. The lowest BCUT2D eigenvalue weighted by Crippen LogP contribution is -2.32. The highest BCUT2D eigenvalue weighted by Gasteiger charge is 2.27. The minimum absolute atomic E-state index is 0.0479. The zero-order valence-corrected chi connectivity index (χ0v) is 20.5. The number of ether oxygens (including phenoxy) is 1. The maximum atomic E-state index is 12.1. The maximum Gasteiger partial charge on any atom is 0.251 e. The summed E-state index contributed by atoms with van der Waals surface area (Å²) in [5.41, 5.74) is 2.17. The number of anilines is 2. The normalized spacial score (nSPS) is 14.8. The van der Waals surface area contributed by atoms with E-state index in [-0.39, 0.29) is 24.0 Å². The lowest BCUT2D eigenvalue weighted by molar-refractivity contribution is -0.133. The van der Waals surface area contributed by atoms with Crippen molar-refractivity contribution in [2.75, 3.05) is 25.0 Å². The fraction of sp³-hybridized carbons (Fsp3) is 0.308. The maximum absolute atomic E-state index is 12.1. The predicted molar refractivity (Wildman–Crippen MR) is 135 cm³/mol. The summed E-state index contributed by atoms with van der Waals surface area (Å²) in [4.78, 5) is 38.2. The van der Waals surface area contributed by atoms with Crippen LogP contribution in [0.5, 0.6) is 5.75 Å². The number of aromatic nitrogens is 3. The van der Waals surface area contributed by atoms with Crippen LogP contribution in [0.4, 0.5) is 11.6 Å². The number of benzene rings is 2. The average Bonchev–Trinajstić information content (AvgIpc) is 3.37. The summed E-state index contributed by atoms with van der Waals surface area (Å²) >= 11 is 0. The molecule has 1 saturated heterocycles. The first-order valence-corrected chi connectivity index (χ1v) is 11.8. The van der Waals surface area contributed by atoms with Crippen LogP contribution in [-0.2, 0) is 4.79 Å². The van der Waals surface area contributed by atoms with E-state index in [0.717, 1.165) is 0 Å². The second kappa shape index (κ2) is 11.5. The molecular weight excluding hydrogens is 474 g/mol. The molecule has 190 valence electrons. The van der Waals surface area contributed by atoms with Crippen molar-refractivity contribution < 1.29 is 19.4 Å². The number of carbonyl (C=O) groups excluding carboxylic acids is 2. The molecule has 3 N–H and O–H groups in total. The van der Waals surface area contributed by atoms with Crippen LogP contribution in [0, 0.1) is 11.3 Å². The Balaban J connectivity index is 1.45. The van der Waals surface area contributed by atoms with E-state index in [0.29, 0.717) is 59.4 Å². The number of nitrogens with one attached hydrogen (secondary N) is 2. The van der Waals surface area contributed by atoms with Crippen molar-refractivity contribution in [3.05, 3.63) is 59.9 Å². The monoisotopic (exact) mass is 501 g/mol. The molecule has 1 atom stereocenters. The molecule has 2 aromatic carbocycles. The Morgan fingerprint density at radius 2 is 2.00 bits per heavy atom. The first-order valence-electron chi connectivity index (χ1n) is 11.8. The molecule has 1 aromatic heterocycles. The van der Waals surface area contributed by atoms with Crippen LogP contribution in [0.15, 0.2) is 48.8 Å². The van der Waals surface area contributed by atoms with Crippen molar-refractivity contribution in [2.24, 2.45) is 0 Å². The SMILES string of the molecule is CC(C)NC(=O)c1ccc(Nc2ncnc(-c3ccc(OC4CCN(C(=O)CO)C4)c(C#N)c3)n2)cc1. The van der Waals surface area contributed by atoms with Gasteiger partial charge in [-0.15, -0.1) is 0 Å². The quantitative estimate of drug-likeness (QED) is 0.422. The van der Waals surface area contributed by atoms with E-state index >= 15 is 0 Å². The van der Waals surface area contributed by atoms with Gasteiger partial charge in [-0.05, 0) is 56.3 Å². The second-order valence-electron chi connectivity index (χ2n) is 8.81. The zero-order valence-electron chi connectivity index (χ0n) is 20.5. The van der Waals surface area contributed by atoms with E-state index in [4.69, 9.17) is 9.84 Å². The van der Waals surface area contributed by atoms with Crippen molar-refractivity contribution in [1.82, 2.24) is 25.2 Å². The molecule has 37 heavy (non-hydrogen) atoms. The Hall–Kier alpha value is -4.56. The van der Waals surface area contributed by atoms with Crippen LogP contribution >= 0.6 is 0 Å². The van der Waals surface area contributed by atoms with Gasteiger partial charge >= 0.3 is 0 Å². The summed E-state index contributed by atoms with van der Waals surface area (Å²) in [6, 6.07) is 14.2. The molecule has 4 rings (SSSR count).